The number of nitrogens with one attached hydrogen (secondary N) is 1. The molecule has 0 spiro atoms. The maximum Gasteiger partial charge on any atom is 0.245 e. The molecular weight excluding hydrogens is 170 g/mol. The average molecular weight is 183 g/mol. The highest BCUT2D eigenvalue weighted by atomic mass is 16.2. The number of hydrogen-bond acceptors (Lipinski definition) is 3. The summed E-state index contributed by atoms with van der Waals surface area (Å²) < 4.78 is 0. The van der Waals surface area contributed by atoms with Crippen molar-refractivity contribution in [2.75, 3.05) is 13.1 Å². The zero-order valence-electron chi connectivity index (χ0n) is 7.32. The number of amides is 2. The molecule has 2 heterocycles. The third-order valence-corrected chi connectivity index (χ3v) is 2.51. The number of likely N-dealkylation sites (tertiary alicyclic amines) is 1. The number of rotatable bonds is 1. The third kappa shape index (κ3) is 1.51. The Hall–Kier alpha value is -1.10. The number of carbonyl (C=O) groups is 2. The van der Waals surface area contributed by atoms with E-state index < -0.39 is 0 Å². The van der Waals surface area contributed by atoms with E-state index in [1.807, 2.05) is 0 Å². The quantitative estimate of drug-likeness (QED) is 0.516. The first-order valence-electron chi connectivity index (χ1n) is 4.50. The molecule has 0 aromatic heterocycles. The fourth-order valence-electron chi connectivity index (χ4n) is 1.71. The first kappa shape index (κ1) is 8.50. The summed E-state index contributed by atoms with van der Waals surface area (Å²) in [5.74, 6) is -0.00396. The molecule has 2 rings (SSSR count). The van der Waals surface area contributed by atoms with Crippen LogP contribution in [0.25, 0.3) is 0 Å². The van der Waals surface area contributed by atoms with Gasteiger partial charge in [0.2, 0.25) is 11.8 Å². The summed E-state index contributed by atoms with van der Waals surface area (Å²) >= 11 is 0. The van der Waals surface area contributed by atoms with E-state index >= 15 is 0 Å². The van der Waals surface area contributed by atoms with E-state index in [1.165, 1.54) is 0 Å². The first-order valence-corrected chi connectivity index (χ1v) is 4.50. The molecule has 2 aliphatic rings. The van der Waals surface area contributed by atoms with E-state index in [-0.39, 0.29) is 23.9 Å². The zero-order chi connectivity index (χ0) is 9.42. The minimum Gasteiger partial charge on any atom is -0.344 e. The summed E-state index contributed by atoms with van der Waals surface area (Å²) in [4.78, 5) is 24.1. The van der Waals surface area contributed by atoms with E-state index in [0.717, 1.165) is 0 Å². The fourth-order valence-corrected chi connectivity index (χ4v) is 1.71. The summed E-state index contributed by atoms with van der Waals surface area (Å²) in [6.07, 6.45) is 1.10. The molecule has 0 bridgehead atoms. The Morgan fingerprint density at radius 1 is 1.54 bits per heavy atom. The van der Waals surface area contributed by atoms with Crippen LogP contribution in [0.4, 0.5) is 0 Å². The smallest absolute Gasteiger partial charge is 0.245 e. The average Bonchev–Trinajstić information content (AvgIpc) is 2.45. The van der Waals surface area contributed by atoms with Crippen LogP contribution < -0.4 is 11.1 Å². The van der Waals surface area contributed by atoms with Crippen LogP contribution in [-0.4, -0.2) is 41.9 Å². The van der Waals surface area contributed by atoms with Crippen molar-refractivity contribution in [1.29, 1.82) is 0 Å². The molecule has 5 nitrogen and oxygen atoms in total. The van der Waals surface area contributed by atoms with Crippen LogP contribution in [0.3, 0.4) is 0 Å². The Labute approximate surface area is 76.3 Å². The molecule has 0 aromatic carbocycles. The molecule has 0 unspecified atom stereocenters. The fraction of sp³-hybridized carbons (Fsp3) is 0.750. The van der Waals surface area contributed by atoms with Gasteiger partial charge in [0.25, 0.3) is 0 Å². The summed E-state index contributed by atoms with van der Waals surface area (Å²) in [7, 11) is 0. The standard InChI is InChI=1S/C8H13N3O2/c9-5-3-11(4-5)8(13)6-1-2-7(12)10-6/h5-6H,1-4,9H2,(H,10,12)/t6-/m0/s1. The molecule has 5 heteroatoms. The van der Waals surface area contributed by atoms with E-state index in [0.29, 0.717) is 25.9 Å². The maximum atomic E-state index is 11.6. The van der Waals surface area contributed by atoms with Crippen LogP contribution in [0.2, 0.25) is 0 Å². The van der Waals surface area contributed by atoms with Gasteiger partial charge in [-0.25, -0.2) is 0 Å². The maximum absolute atomic E-state index is 11.6. The Balaban J connectivity index is 1.87. The third-order valence-electron chi connectivity index (χ3n) is 2.51. The van der Waals surface area contributed by atoms with Crippen LogP contribution >= 0.6 is 0 Å². The van der Waals surface area contributed by atoms with Crippen molar-refractivity contribution in [1.82, 2.24) is 10.2 Å². The number of hydrogen-bond donors (Lipinski definition) is 2. The molecule has 72 valence electrons. The van der Waals surface area contributed by atoms with E-state index in [9.17, 15) is 9.59 Å². The number of nitrogens with zero attached hydrogens (tertiary/aromatic N) is 1. The van der Waals surface area contributed by atoms with Crippen molar-refractivity contribution in [2.45, 2.75) is 24.9 Å². The topological polar surface area (TPSA) is 75.4 Å². The lowest BCUT2D eigenvalue weighted by Gasteiger charge is -2.38. The van der Waals surface area contributed by atoms with Gasteiger partial charge in [-0.05, 0) is 6.42 Å². The van der Waals surface area contributed by atoms with Gasteiger partial charge in [-0.1, -0.05) is 0 Å². The Morgan fingerprint density at radius 2 is 2.23 bits per heavy atom. The van der Waals surface area contributed by atoms with E-state index in [1.54, 1.807) is 4.90 Å². The summed E-state index contributed by atoms with van der Waals surface area (Å²) in [5, 5.41) is 2.65. The highest BCUT2D eigenvalue weighted by Gasteiger charge is 2.35. The second-order valence-corrected chi connectivity index (χ2v) is 3.66. The van der Waals surface area contributed by atoms with E-state index in [2.05, 4.69) is 5.32 Å². The van der Waals surface area contributed by atoms with E-state index in [4.69, 9.17) is 5.73 Å². The lowest BCUT2D eigenvalue weighted by molar-refractivity contribution is -0.138. The van der Waals surface area contributed by atoms with Gasteiger partial charge in [-0.3, -0.25) is 9.59 Å². The molecule has 2 aliphatic heterocycles. The van der Waals surface area contributed by atoms with Gasteiger partial charge in [0.1, 0.15) is 6.04 Å². The summed E-state index contributed by atoms with van der Waals surface area (Å²) in [5.41, 5.74) is 5.55. The predicted molar refractivity (Wildman–Crippen MR) is 45.7 cm³/mol. The van der Waals surface area contributed by atoms with Gasteiger partial charge < -0.3 is 16.0 Å². The normalized spacial score (nSPS) is 28.5. The van der Waals surface area contributed by atoms with Crippen molar-refractivity contribution >= 4 is 11.8 Å². The summed E-state index contributed by atoms with van der Waals surface area (Å²) in [6, 6.07) is -0.166. The Morgan fingerprint density at radius 3 is 2.69 bits per heavy atom. The van der Waals surface area contributed by atoms with Crippen LogP contribution in [0, 0.1) is 0 Å². The van der Waals surface area contributed by atoms with Crippen LogP contribution in [0.5, 0.6) is 0 Å². The van der Waals surface area contributed by atoms with Crippen molar-refractivity contribution in [3.05, 3.63) is 0 Å². The number of nitrogens with two attached hydrogens (primary N) is 1. The minimum absolute atomic E-state index is 0.0209. The molecule has 0 radical (unpaired) electrons. The van der Waals surface area contributed by atoms with Gasteiger partial charge >= 0.3 is 0 Å². The molecule has 0 aromatic rings. The lowest BCUT2D eigenvalue weighted by atomic mass is 10.1. The second kappa shape index (κ2) is 2.99. The Kier molecular flexibility index (Phi) is 1.95. The number of carbonyl (C=O) groups excluding carboxylic acids is 2. The Bertz CT molecular complexity index is 248. The zero-order valence-corrected chi connectivity index (χ0v) is 7.32. The SMILES string of the molecule is NC1CN(C(=O)[C@@H]2CCC(=O)N2)C1. The molecule has 2 amide bonds. The van der Waals surface area contributed by atoms with Crippen LogP contribution in [-0.2, 0) is 9.59 Å². The molecule has 1 atom stereocenters. The highest BCUT2D eigenvalue weighted by molar-refractivity contribution is 5.91. The monoisotopic (exact) mass is 183 g/mol. The van der Waals surface area contributed by atoms with Crippen molar-refractivity contribution in [3.63, 3.8) is 0 Å². The predicted octanol–water partition coefficient (Wildman–Crippen LogP) is -1.57. The van der Waals surface area contributed by atoms with Gasteiger partial charge in [0.15, 0.2) is 0 Å². The van der Waals surface area contributed by atoms with Gasteiger partial charge in [-0.15, -0.1) is 0 Å². The van der Waals surface area contributed by atoms with Gasteiger partial charge in [0.05, 0.1) is 0 Å². The summed E-state index contributed by atoms with van der Waals surface area (Å²) in [6.45, 7) is 1.26. The van der Waals surface area contributed by atoms with Crippen LogP contribution in [0.1, 0.15) is 12.8 Å². The highest BCUT2D eigenvalue weighted by Crippen LogP contribution is 2.13. The van der Waals surface area contributed by atoms with Crippen molar-refractivity contribution in [2.24, 2.45) is 5.73 Å². The molecule has 0 aliphatic carbocycles. The minimum atomic E-state index is -0.292. The molecular formula is C8H13N3O2. The lowest BCUT2D eigenvalue weighted by Crippen LogP contribution is -2.61. The van der Waals surface area contributed by atoms with Crippen molar-refractivity contribution in [3.8, 4) is 0 Å². The molecule has 2 saturated heterocycles. The largest absolute Gasteiger partial charge is 0.344 e. The molecule has 13 heavy (non-hydrogen) atoms. The van der Waals surface area contributed by atoms with Crippen molar-refractivity contribution < 1.29 is 9.59 Å². The molecule has 2 fully saturated rings. The van der Waals surface area contributed by atoms with Gasteiger partial charge in [-0.2, -0.15) is 0 Å². The molecule has 3 N–H and O–H groups in total. The van der Waals surface area contributed by atoms with Gasteiger partial charge in [0, 0.05) is 25.6 Å². The van der Waals surface area contributed by atoms with Crippen LogP contribution in [0.15, 0.2) is 0 Å². The second-order valence-electron chi connectivity index (χ2n) is 3.66. The first-order chi connectivity index (χ1) is 6.16. The molecule has 0 saturated carbocycles.